The molecule has 0 bridgehead atoms. The molecule has 1 fully saturated rings. The summed E-state index contributed by atoms with van der Waals surface area (Å²) in [6.07, 6.45) is 1.64. The van der Waals surface area contributed by atoms with Crippen molar-refractivity contribution < 1.29 is 19.1 Å². The summed E-state index contributed by atoms with van der Waals surface area (Å²) < 4.78 is 9.95. The minimum atomic E-state index is -0.130. The van der Waals surface area contributed by atoms with Gasteiger partial charge in [0.25, 0.3) is 0 Å². The van der Waals surface area contributed by atoms with Gasteiger partial charge in [-0.2, -0.15) is 5.26 Å². The molecule has 0 spiro atoms. The van der Waals surface area contributed by atoms with E-state index in [1.807, 2.05) is 6.07 Å². The van der Waals surface area contributed by atoms with E-state index in [1.54, 1.807) is 12.0 Å². The van der Waals surface area contributed by atoms with Crippen LogP contribution in [0.5, 0.6) is 0 Å². The van der Waals surface area contributed by atoms with Crippen molar-refractivity contribution in [1.82, 2.24) is 10.2 Å². The monoisotopic (exact) mass is 297 g/mol. The standard InChI is InChI=1S/C14H23N3O4/c1-20-8-9-21-11-13(18)16-10-12-3-6-17(7-4-12)14(19)2-5-15/h12H,2-4,6-11H2,1H3,(H,16,18). The quantitative estimate of drug-likeness (QED) is 0.633. The fourth-order valence-corrected chi connectivity index (χ4v) is 2.18. The first-order chi connectivity index (χ1) is 10.2. The van der Waals surface area contributed by atoms with Gasteiger partial charge in [-0.3, -0.25) is 9.59 Å². The Balaban J connectivity index is 2.11. The van der Waals surface area contributed by atoms with Crippen molar-refractivity contribution >= 4 is 11.8 Å². The second-order valence-electron chi connectivity index (χ2n) is 5.01. The molecule has 7 heteroatoms. The maximum atomic E-state index is 11.5. The zero-order chi connectivity index (χ0) is 15.5. The number of nitrogens with one attached hydrogen (secondary N) is 1. The normalized spacial score (nSPS) is 15.5. The summed E-state index contributed by atoms with van der Waals surface area (Å²) in [5.74, 6) is 0.139. The Bertz CT molecular complexity index is 373. The van der Waals surface area contributed by atoms with E-state index in [2.05, 4.69) is 5.32 Å². The lowest BCUT2D eigenvalue weighted by atomic mass is 9.96. The lowest BCUT2D eigenvalue weighted by molar-refractivity contribution is -0.132. The smallest absolute Gasteiger partial charge is 0.246 e. The topological polar surface area (TPSA) is 91.7 Å². The zero-order valence-electron chi connectivity index (χ0n) is 12.5. The van der Waals surface area contributed by atoms with Crippen molar-refractivity contribution in [1.29, 1.82) is 5.26 Å². The first-order valence-corrected chi connectivity index (χ1v) is 7.15. The molecule has 1 N–H and O–H groups in total. The van der Waals surface area contributed by atoms with Crippen LogP contribution in [0.25, 0.3) is 0 Å². The van der Waals surface area contributed by atoms with Crippen LogP contribution in [0.4, 0.5) is 0 Å². The molecule has 7 nitrogen and oxygen atoms in total. The molecule has 0 aliphatic carbocycles. The number of nitriles is 1. The highest BCUT2D eigenvalue weighted by Crippen LogP contribution is 2.16. The fraction of sp³-hybridized carbons (Fsp3) is 0.786. The molecular weight excluding hydrogens is 274 g/mol. The number of amides is 2. The Morgan fingerprint density at radius 1 is 1.33 bits per heavy atom. The highest BCUT2D eigenvalue weighted by Gasteiger charge is 2.22. The van der Waals surface area contributed by atoms with Crippen LogP contribution in [0.1, 0.15) is 19.3 Å². The van der Waals surface area contributed by atoms with E-state index in [4.69, 9.17) is 14.7 Å². The predicted molar refractivity (Wildman–Crippen MR) is 75.2 cm³/mol. The Kier molecular flexibility index (Phi) is 8.40. The molecular formula is C14H23N3O4. The number of piperidine rings is 1. The third kappa shape index (κ3) is 7.06. The van der Waals surface area contributed by atoms with E-state index in [0.717, 1.165) is 12.8 Å². The van der Waals surface area contributed by atoms with Gasteiger partial charge >= 0.3 is 0 Å². The number of methoxy groups -OCH3 is 1. The summed E-state index contributed by atoms with van der Waals surface area (Å²) in [4.78, 5) is 24.8. The van der Waals surface area contributed by atoms with E-state index < -0.39 is 0 Å². The van der Waals surface area contributed by atoms with Gasteiger partial charge in [-0.25, -0.2) is 0 Å². The number of carbonyl (C=O) groups excluding carboxylic acids is 2. The summed E-state index contributed by atoms with van der Waals surface area (Å²) in [7, 11) is 1.58. The van der Waals surface area contributed by atoms with Gasteiger partial charge in [0, 0.05) is 26.7 Å². The van der Waals surface area contributed by atoms with Crippen LogP contribution in [0.15, 0.2) is 0 Å². The van der Waals surface area contributed by atoms with E-state index in [9.17, 15) is 9.59 Å². The summed E-state index contributed by atoms with van der Waals surface area (Å²) in [5, 5.41) is 11.3. The number of hydrogen-bond donors (Lipinski definition) is 1. The summed E-state index contributed by atoms with van der Waals surface area (Å²) in [5.41, 5.74) is 0. The fourth-order valence-electron chi connectivity index (χ4n) is 2.18. The van der Waals surface area contributed by atoms with Crippen molar-refractivity contribution in [2.45, 2.75) is 19.3 Å². The molecule has 1 heterocycles. The Morgan fingerprint density at radius 3 is 2.67 bits per heavy atom. The second kappa shape index (κ2) is 10.1. The van der Waals surface area contributed by atoms with Gasteiger partial charge in [0.1, 0.15) is 13.0 Å². The van der Waals surface area contributed by atoms with E-state index in [-0.39, 0.29) is 24.8 Å². The van der Waals surface area contributed by atoms with E-state index >= 15 is 0 Å². The van der Waals surface area contributed by atoms with E-state index in [1.165, 1.54) is 0 Å². The molecule has 1 aliphatic heterocycles. The van der Waals surface area contributed by atoms with Crippen LogP contribution in [-0.4, -0.2) is 63.3 Å². The lowest BCUT2D eigenvalue weighted by Crippen LogP contribution is -2.41. The van der Waals surface area contributed by atoms with Gasteiger partial charge < -0.3 is 19.7 Å². The Labute approximate surface area is 125 Å². The second-order valence-corrected chi connectivity index (χ2v) is 5.01. The Hall–Kier alpha value is -1.65. The van der Waals surface area contributed by atoms with Crippen LogP contribution in [0.2, 0.25) is 0 Å². The molecule has 0 unspecified atom stereocenters. The van der Waals surface area contributed by atoms with Gasteiger partial charge in [-0.1, -0.05) is 0 Å². The molecule has 0 radical (unpaired) electrons. The van der Waals surface area contributed by atoms with Crippen molar-refractivity contribution in [3.05, 3.63) is 0 Å². The average Bonchev–Trinajstić information content (AvgIpc) is 2.50. The number of hydrogen-bond acceptors (Lipinski definition) is 5. The van der Waals surface area contributed by atoms with Crippen molar-refractivity contribution in [2.75, 3.05) is 46.6 Å². The third-order valence-electron chi connectivity index (χ3n) is 3.45. The van der Waals surface area contributed by atoms with Crippen molar-refractivity contribution in [2.24, 2.45) is 5.92 Å². The maximum absolute atomic E-state index is 11.5. The molecule has 0 aromatic carbocycles. The highest BCUT2D eigenvalue weighted by molar-refractivity contribution is 5.78. The van der Waals surface area contributed by atoms with Gasteiger partial charge in [0.15, 0.2) is 0 Å². The molecule has 21 heavy (non-hydrogen) atoms. The molecule has 2 amide bonds. The summed E-state index contributed by atoms with van der Waals surface area (Å²) in [6, 6.07) is 1.87. The minimum absolute atomic E-state index is 0.0445. The minimum Gasteiger partial charge on any atom is -0.382 e. The van der Waals surface area contributed by atoms with Crippen molar-refractivity contribution in [3.63, 3.8) is 0 Å². The zero-order valence-corrected chi connectivity index (χ0v) is 12.5. The SMILES string of the molecule is COCCOCC(=O)NCC1CCN(C(=O)CC#N)CC1. The highest BCUT2D eigenvalue weighted by atomic mass is 16.5. The van der Waals surface area contributed by atoms with Crippen LogP contribution in [0, 0.1) is 17.2 Å². The largest absolute Gasteiger partial charge is 0.382 e. The molecule has 0 aromatic heterocycles. The molecule has 0 aromatic rings. The Morgan fingerprint density at radius 2 is 2.05 bits per heavy atom. The number of rotatable bonds is 8. The molecule has 0 saturated carbocycles. The molecule has 1 saturated heterocycles. The van der Waals surface area contributed by atoms with Gasteiger partial charge in [-0.15, -0.1) is 0 Å². The first kappa shape index (κ1) is 17.4. The van der Waals surface area contributed by atoms with Gasteiger partial charge in [0.2, 0.25) is 11.8 Å². The van der Waals surface area contributed by atoms with Crippen LogP contribution < -0.4 is 5.32 Å². The van der Waals surface area contributed by atoms with Gasteiger partial charge in [0.05, 0.1) is 19.3 Å². The molecule has 118 valence electrons. The van der Waals surface area contributed by atoms with Crippen molar-refractivity contribution in [3.8, 4) is 6.07 Å². The number of carbonyl (C=O) groups is 2. The maximum Gasteiger partial charge on any atom is 0.246 e. The summed E-state index contributed by atoms with van der Waals surface area (Å²) in [6.45, 7) is 2.85. The first-order valence-electron chi connectivity index (χ1n) is 7.15. The van der Waals surface area contributed by atoms with Crippen LogP contribution >= 0.6 is 0 Å². The van der Waals surface area contributed by atoms with Crippen LogP contribution in [0.3, 0.4) is 0 Å². The average molecular weight is 297 g/mol. The number of ether oxygens (including phenoxy) is 2. The molecule has 1 aliphatic rings. The number of nitrogens with zero attached hydrogens (tertiary/aromatic N) is 2. The molecule has 1 rings (SSSR count). The number of likely N-dealkylation sites (tertiary alicyclic amines) is 1. The predicted octanol–water partition coefficient (Wildman–Crippen LogP) is -0.0821. The molecule has 0 atom stereocenters. The summed E-state index contributed by atoms with van der Waals surface area (Å²) >= 11 is 0. The van der Waals surface area contributed by atoms with Gasteiger partial charge in [-0.05, 0) is 18.8 Å². The van der Waals surface area contributed by atoms with E-state index in [0.29, 0.717) is 38.8 Å². The van der Waals surface area contributed by atoms with Crippen LogP contribution in [-0.2, 0) is 19.1 Å². The lowest BCUT2D eigenvalue weighted by Gasteiger charge is -2.31. The third-order valence-corrected chi connectivity index (χ3v) is 3.45.